The van der Waals surface area contributed by atoms with Gasteiger partial charge in [0.15, 0.2) is 5.65 Å². The summed E-state index contributed by atoms with van der Waals surface area (Å²) in [4.78, 5) is 23.0. The number of piperidine rings is 2. The molecule has 3 N–H and O–H groups in total. The molecule has 2 aliphatic rings. The van der Waals surface area contributed by atoms with Crippen molar-refractivity contribution in [2.75, 3.05) is 26.2 Å². The van der Waals surface area contributed by atoms with E-state index in [-0.39, 0.29) is 12.1 Å². The fourth-order valence-corrected chi connectivity index (χ4v) is 6.41. The fraction of sp³-hybridized carbons (Fsp3) is 0.500. The summed E-state index contributed by atoms with van der Waals surface area (Å²) in [6.45, 7) is 12.4. The van der Waals surface area contributed by atoms with Crippen molar-refractivity contribution < 1.29 is 4.79 Å². The SMILES string of the molecule is Cc1c(-c2[nH]c3ccc(C4CCN(C(=O)NC5CCCNC5)CC4)cc3c2C(C)C)cn2ncnc2c1C. The zero-order valence-corrected chi connectivity index (χ0v) is 23.0. The molecule has 6 rings (SSSR count). The summed E-state index contributed by atoms with van der Waals surface area (Å²) in [7, 11) is 0. The van der Waals surface area contributed by atoms with E-state index in [1.165, 1.54) is 38.9 Å². The van der Waals surface area contributed by atoms with Gasteiger partial charge in [0, 0.05) is 48.3 Å². The number of hydrogen-bond acceptors (Lipinski definition) is 4. The molecule has 0 radical (unpaired) electrons. The summed E-state index contributed by atoms with van der Waals surface area (Å²) in [5, 5.41) is 12.3. The first kappa shape index (κ1) is 24.9. The number of nitrogens with one attached hydrogen (secondary N) is 3. The van der Waals surface area contributed by atoms with E-state index in [4.69, 9.17) is 0 Å². The van der Waals surface area contributed by atoms with Crippen LogP contribution in [0.3, 0.4) is 0 Å². The van der Waals surface area contributed by atoms with Crippen molar-refractivity contribution in [3.05, 3.63) is 53.0 Å². The maximum Gasteiger partial charge on any atom is 0.317 e. The van der Waals surface area contributed by atoms with Crippen LogP contribution in [0.4, 0.5) is 4.79 Å². The van der Waals surface area contributed by atoms with Gasteiger partial charge in [-0.1, -0.05) is 19.9 Å². The average Bonchev–Trinajstić information content (AvgIpc) is 3.56. The molecule has 3 aromatic heterocycles. The van der Waals surface area contributed by atoms with Gasteiger partial charge in [-0.2, -0.15) is 5.10 Å². The maximum absolute atomic E-state index is 12.8. The summed E-state index contributed by atoms with van der Waals surface area (Å²) < 4.78 is 1.88. The molecule has 0 saturated carbocycles. The number of fused-ring (bicyclic) bond motifs is 2. The van der Waals surface area contributed by atoms with Crippen molar-refractivity contribution in [2.45, 2.75) is 71.3 Å². The standard InChI is InChI=1S/C30H39N7O/c1-18(2)27-24-14-22(21-9-12-36(13-10-21)30(38)34-23-6-5-11-31-15-23)7-8-26(24)35-28(27)25-16-37-29(32-17-33-37)20(4)19(25)3/h7-8,14,16-18,21,23,31,35H,5-6,9-13,15H2,1-4H3,(H,34,38). The van der Waals surface area contributed by atoms with Gasteiger partial charge in [-0.05, 0) is 92.3 Å². The summed E-state index contributed by atoms with van der Waals surface area (Å²) in [6, 6.07) is 7.27. The fourth-order valence-electron chi connectivity index (χ4n) is 6.41. The molecule has 1 atom stereocenters. The molecule has 2 fully saturated rings. The molecule has 2 saturated heterocycles. The lowest BCUT2D eigenvalue weighted by Gasteiger charge is -2.34. The van der Waals surface area contributed by atoms with Crippen molar-refractivity contribution >= 4 is 22.6 Å². The van der Waals surface area contributed by atoms with Crippen LogP contribution in [0.2, 0.25) is 0 Å². The second-order valence-corrected chi connectivity index (χ2v) is 11.4. The van der Waals surface area contributed by atoms with Crippen LogP contribution in [-0.4, -0.2) is 62.7 Å². The minimum atomic E-state index is 0.0972. The molecule has 200 valence electrons. The highest BCUT2D eigenvalue weighted by Gasteiger charge is 2.27. The molecule has 8 nitrogen and oxygen atoms in total. The minimum Gasteiger partial charge on any atom is -0.354 e. The van der Waals surface area contributed by atoms with Gasteiger partial charge < -0.3 is 20.5 Å². The third-order valence-corrected chi connectivity index (χ3v) is 8.71. The number of aryl methyl sites for hydroxylation is 1. The molecule has 1 unspecified atom stereocenters. The second kappa shape index (κ2) is 10.1. The number of aromatic nitrogens is 4. The number of likely N-dealkylation sites (tertiary alicyclic amines) is 1. The van der Waals surface area contributed by atoms with Crippen LogP contribution in [0.1, 0.15) is 73.6 Å². The molecule has 0 bridgehead atoms. The van der Waals surface area contributed by atoms with E-state index in [2.05, 4.69) is 77.8 Å². The van der Waals surface area contributed by atoms with E-state index < -0.39 is 0 Å². The number of carbonyl (C=O) groups is 1. The summed E-state index contributed by atoms with van der Waals surface area (Å²) in [5.74, 6) is 0.827. The van der Waals surface area contributed by atoms with Crippen LogP contribution in [-0.2, 0) is 0 Å². The Morgan fingerprint density at radius 1 is 1.13 bits per heavy atom. The lowest BCUT2D eigenvalue weighted by Crippen LogP contribution is -2.51. The van der Waals surface area contributed by atoms with Gasteiger partial charge in [0.2, 0.25) is 0 Å². The number of pyridine rings is 1. The molecule has 0 spiro atoms. The number of urea groups is 1. The third-order valence-electron chi connectivity index (χ3n) is 8.71. The number of H-pyrrole nitrogens is 1. The highest BCUT2D eigenvalue weighted by atomic mass is 16.2. The minimum absolute atomic E-state index is 0.0972. The Morgan fingerprint density at radius 2 is 1.95 bits per heavy atom. The van der Waals surface area contributed by atoms with Crippen LogP contribution in [0.15, 0.2) is 30.7 Å². The van der Waals surface area contributed by atoms with Crippen LogP contribution in [0, 0.1) is 13.8 Å². The van der Waals surface area contributed by atoms with Crippen LogP contribution in [0.25, 0.3) is 27.8 Å². The first-order chi connectivity index (χ1) is 18.4. The Kier molecular flexibility index (Phi) is 6.60. The van der Waals surface area contributed by atoms with Gasteiger partial charge in [-0.3, -0.25) is 0 Å². The van der Waals surface area contributed by atoms with E-state index in [0.717, 1.165) is 63.1 Å². The Balaban J connectivity index is 1.25. The van der Waals surface area contributed by atoms with Crippen molar-refractivity contribution in [3.63, 3.8) is 0 Å². The largest absolute Gasteiger partial charge is 0.354 e. The molecular weight excluding hydrogens is 474 g/mol. The summed E-state index contributed by atoms with van der Waals surface area (Å²) >= 11 is 0. The highest BCUT2D eigenvalue weighted by Crippen LogP contribution is 2.40. The Labute approximate surface area is 224 Å². The van der Waals surface area contributed by atoms with Gasteiger partial charge >= 0.3 is 6.03 Å². The van der Waals surface area contributed by atoms with Crippen LogP contribution in [0.5, 0.6) is 0 Å². The topological polar surface area (TPSA) is 90.4 Å². The van der Waals surface area contributed by atoms with Crippen molar-refractivity contribution in [1.29, 1.82) is 0 Å². The molecule has 5 heterocycles. The van der Waals surface area contributed by atoms with Crippen molar-refractivity contribution in [1.82, 2.24) is 35.1 Å². The van der Waals surface area contributed by atoms with Crippen molar-refractivity contribution in [2.24, 2.45) is 0 Å². The number of benzene rings is 1. The molecule has 1 aromatic carbocycles. The number of nitrogens with zero attached hydrogens (tertiary/aromatic N) is 4. The first-order valence-electron chi connectivity index (χ1n) is 14.1. The van der Waals surface area contributed by atoms with E-state index in [1.807, 2.05) is 9.42 Å². The van der Waals surface area contributed by atoms with Crippen LogP contribution < -0.4 is 10.6 Å². The lowest BCUT2D eigenvalue weighted by atomic mass is 9.87. The quantitative estimate of drug-likeness (QED) is 0.347. The first-order valence-corrected chi connectivity index (χ1v) is 14.1. The molecule has 38 heavy (non-hydrogen) atoms. The molecule has 4 aromatic rings. The van der Waals surface area contributed by atoms with Gasteiger partial charge in [-0.15, -0.1) is 0 Å². The third kappa shape index (κ3) is 4.45. The number of rotatable bonds is 4. The molecule has 8 heteroatoms. The summed E-state index contributed by atoms with van der Waals surface area (Å²) in [6.07, 6.45) is 7.91. The second-order valence-electron chi connectivity index (χ2n) is 11.4. The van der Waals surface area contributed by atoms with E-state index in [9.17, 15) is 4.79 Å². The zero-order chi connectivity index (χ0) is 26.4. The van der Waals surface area contributed by atoms with Gasteiger partial charge in [0.25, 0.3) is 0 Å². The van der Waals surface area contributed by atoms with E-state index in [0.29, 0.717) is 11.8 Å². The number of carbonyl (C=O) groups excluding carboxylic acids is 1. The average molecular weight is 514 g/mol. The molecular formula is C30H39N7O. The Hall–Kier alpha value is -3.39. The Bertz CT molecular complexity index is 1470. The van der Waals surface area contributed by atoms with Crippen molar-refractivity contribution in [3.8, 4) is 11.3 Å². The molecule has 0 aliphatic carbocycles. The molecule has 2 aliphatic heterocycles. The van der Waals surface area contributed by atoms with Gasteiger partial charge in [-0.25, -0.2) is 14.3 Å². The smallest absolute Gasteiger partial charge is 0.317 e. The van der Waals surface area contributed by atoms with E-state index in [1.54, 1.807) is 6.33 Å². The van der Waals surface area contributed by atoms with Crippen LogP contribution >= 0.6 is 0 Å². The normalized spacial score (nSPS) is 19.1. The number of aromatic amines is 1. The molecule has 2 amide bonds. The zero-order valence-electron chi connectivity index (χ0n) is 23.0. The Morgan fingerprint density at radius 3 is 2.68 bits per heavy atom. The van der Waals surface area contributed by atoms with Gasteiger partial charge in [0.05, 0.1) is 5.69 Å². The number of amides is 2. The predicted molar refractivity (Wildman–Crippen MR) is 152 cm³/mol. The van der Waals surface area contributed by atoms with Gasteiger partial charge in [0.1, 0.15) is 6.33 Å². The summed E-state index contributed by atoms with van der Waals surface area (Å²) in [5.41, 5.74) is 9.54. The van der Waals surface area contributed by atoms with E-state index >= 15 is 0 Å². The lowest BCUT2D eigenvalue weighted by molar-refractivity contribution is 0.175. The predicted octanol–water partition coefficient (Wildman–Crippen LogP) is 5.26. The maximum atomic E-state index is 12.8. The highest BCUT2D eigenvalue weighted by molar-refractivity contribution is 5.92. The number of hydrogen-bond donors (Lipinski definition) is 3. The monoisotopic (exact) mass is 513 g/mol.